The van der Waals surface area contributed by atoms with E-state index in [1.807, 2.05) is 55.4 Å². The van der Waals surface area contributed by atoms with Crippen LogP contribution in [0.4, 0.5) is 0 Å². The Bertz CT molecular complexity index is 75.5. The van der Waals surface area contributed by atoms with Crippen LogP contribution in [0.5, 0.6) is 0 Å². The molecular formula is C15H39N. The molecule has 1 nitrogen and oxygen atoms in total. The van der Waals surface area contributed by atoms with Crippen LogP contribution in [0.15, 0.2) is 0 Å². The van der Waals surface area contributed by atoms with Crippen LogP contribution in [0.3, 0.4) is 0 Å². The van der Waals surface area contributed by atoms with Gasteiger partial charge >= 0.3 is 0 Å². The molecular weight excluding hydrogens is 194 g/mol. The lowest BCUT2D eigenvalue weighted by Gasteiger charge is -2.04. The van der Waals surface area contributed by atoms with Crippen molar-refractivity contribution in [3.63, 3.8) is 0 Å². The number of nitrogens with two attached hydrogens (primary N) is 1. The molecule has 0 saturated heterocycles. The van der Waals surface area contributed by atoms with Gasteiger partial charge < -0.3 is 5.73 Å². The third-order valence-electron chi connectivity index (χ3n) is 1.92. The summed E-state index contributed by atoms with van der Waals surface area (Å²) in [6.07, 6.45) is 6.40. The zero-order valence-corrected chi connectivity index (χ0v) is 13.6. The second-order valence-electron chi connectivity index (χ2n) is 2.97. The second kappa shape index (κ2) is 24.3. The largest absolute Gasteiger partial charge is 0.325 e. The maximum atomic E-state index is 5.83. The number of rotatable bonds is 3. The van der Waals surface area contributed by atoms with Crippen LogP contribution in [-0.4, -0.2) is 5.54 Å². The van der Waals surface area contributed by atoms with Gasteiger partial charge in [-0.25, -0.2) is 0 Å². The van der Waals surface area contributed by atoms with E-state index < -0.39 is 0 Å². The molecule has 1 aliphatic carbocycles. The predicted octanol–water partition coefficient (Wildman–Crippen LogP) is 5.77. The lowest BCUT2D eigenvalue weighted by Crippen LogP contribution is -2.20. The summed E-state index contributed by atoms with van der Waals surface area (Å²) in [6.45, 7) is 18.2. The molecule has 2 N–H and O–H groups in total. The van der Waals surface area contributed by atoms with Gasteiger partial charge in [0, 0.05) is 5.54 Å². The van der Waals surface area contributed by atoms with Crippen molar-refractivity contribution in [2.45, 2.75) is 100.0 Å². The summed E-state index contributed by atoms with van der Waals surface area (Å²) in [5.74, 6) is 0. The quantitative estimate of drug-likeness (QED) is 0.657. The van der Waals surface area contributed by atoms with Crippen LogP contribution in [0.1, 0.15) is 94.4 Å². The van der Waals surface area contributed by atoms with Gasteiger partial charge in [0.15, 0.2) is 0 Å². The Morgan fingerprint density at radius 1 is 0.812 bits per heavy atom. The minimum absolute atomic E-state index is 0.302. The van der Waals surface area contributed by atoms with Crippen LogP contribution in [-0.2, 0) is 0 Å². The molecule has 1 fully saturated rings. The molecule has 0 aromatic carbocycles. The first-order chi connectivity index (χ1) is 7.77. The fourth-order valence-electron chi connectivity index (χ4n) is 0.939. The first-order valence-electron chi connectivity index (χ1n) is 7.56. The molecule has 0 bridgehead atoms. The summed E-state index contributed by atoms with van der Waals surface area (Å²) in [5, 5.41) is 0. The molecule has 0 heterocycles. The fraction of sp³-hybridized carbons (Fsp3) is 1.00. The third-order valence-corrected chi connectivity index (χ3v) is 1.92. The summed E-state index contributed by atoms with van der Waals surface area (Å²) in [6, 6.07) is 0. The van der Waals surface area contributed by atoms with E-state index in [0.29, 0.717) is 5.54 Å². The smallest absolute Gasteiger partial charge is 0.0155 e. The molecule has 0 amide bonds. The van der Waals surface area contributed by atoms with Crippen molar-refractivity contribution < 1.29 is 0 Å². The molecule has 16 heavy (non-hydrogen) atoms. The Balaban J connectivity index is -0.0000000771. The number of hydrogen-bond donors (Lipinski definition) is 1. The van der Waals surface area contributed by atoms with E-state index in [2.05, 4.69) is 6.92 Å². The van der Waals surface area contributed by atoms with E-state index in [-0.39, 0.29) is 0 Å². The summed E-state index contributed by atoms with van der Waals surface area (Å²) in [5.41, 5.74) is 6.13. The minimum atomic E-state index is 0.302. The van der Waals surface area contributed by atoms with Crippen LogP contribution in [0, 0.1) is 0 Å². The fourth-order valence-corrected chi connectivity index (χ4v) is 0.939. The highest BCUT2D eigenvalue weighted by molar-refractivity contribution is 4.97. The van der Waals surface area contributed by atoms with Crippen LogP contribution in [0.25, 0.3) is 0 Å². The van der Waals surface area contributed by atoms with Gasteiger partial charge in [0.2, 0.25) is 0 Å². The lowest BCUT2D eigenvalue weighted by molar-refractivity contribution is 0.569. The van der Waals surface area contributed by atoms with E-state index in [1.54, 1.807) is 0 Å². The monoisotopic (exact) mass is 233 g/mol. The van der Waals surface area contributed by atoms with Gasteiger partial charge in [0.05, 0.1) is 0 Å². The zero-order chi connectivity index (χ0) is 14.0. The predicted molar refractivity (Wildman–Crippen MR) is 81.1 cm³/mol. The highest BCUT2D eigenvalue weighted by Crippen LogP contribution is 2.36. The van der Waals surface area contributed by atoms with Crippen molar-refractivity contribution in [1.29, 1.82) is 0 Å². The molecule has 0 radical (unpaired) electrons. The third kappa shape index (κ3) is 23.6. The Morgan fingerprint density at radius 2 is 1.12 bits per heavy atom. The Morgan fingerprint density at radius 3 is 1.31 bits per heavy atom. The summed E-state index contributed by atoms with van der Waals surface area (Å²) >= 11 is 0. The summed E-state index contributed by atoms with van der Waals surface area (Å²) in [7, 11) is 0. The standard InChI is InChI=1S/C7H15N.4C2H6/c1-2-3-4-7(8)5-6-7;4*1-2/h2-6,8H2,1H3;4*1-2H3. The van der Waals surface area contributed by atoms with Gasteiger partial charge in [-0.15, -0.1) is 0 Å². The average molecular weight is 233 g/mol. The molecule has 0 atom stereocenters. The molecule has 1 rings (SSSR count). The Kier molecular flexibility index (Phi) is 37.9. The van der Waals surface area contributed by atoms with E-state index in [0.717, 1.165) is 0 Å². The van der Waals surface area contributed by atoms with Crippen molar-refractivity contribution in [3.05, 3.63) is 0 Å². The molecule has 0 aromatic heterocycles. The Hall–Kier alpha value is -0.0400. The minimum Gasteiger partial charge on any atom is -0.325 e. The number of unbranched alkanes of at least 4 members (excludes halogenated alkanes) is 1. The zero-order valence-electron chi connectivity index (χ0n) is 13.6. The average Bonchev–Trinajstić information content (AvgIpc) is 3.15. The van der Waals surface area contributed by atoms with Gasteiger partial charge in [-0.2, -0.15) is 0 Å². The van der Waals surface area contributed by atoms with Gasteiger partial charge in [0.1, 0.15) is 0 Å². The second-order valence-corrected chi connectivity index (χ2v) is 2.97. The van der Waals surface area contributed by atoms with E-state index >= 15 is 0 Å². The molecule has 1 saturated carbocycles. The van der Waals surface area contributed by atoms with Gasteiger partial charge in [0.25, 0.3) is 0 Å². The molecule has 0 aliphatic heterocycles. The summed E-state index contributed by atoms with van der Waals surface area (Å²) < 4.78 is 0. The first-order valence-corrected chi connectivity index (χ1v) is 7.56. The molecule has 104 valence electrons. The van der Waals surface area contributed by atoms with Crippen molar-refractivity contribution in [2.75, 3.05) is 0 Å². The summed E-state index contributed by atoms with van der Waals surface area (Å²) in [4.78, 5) is 0. The van der Waals surface area contributed by atoms with Gasteiger partial charge in [-0.3, -0.25) is 0 Å². The maximum Gasteiger partial charge on any atom is 0.0155 e. The maximum absolute atomic E-state index is 5.83. The Labute approximate surface area is 106 Å². The topological polar surface area (TPSA) is 26.0 Å². The SMILES string of the molecule is CC.CC.CC.CC.CCCCC1(N)CC1. The molecule has 0 spiro atoms. The van der Waals surface area contributed by atoms with E-state index in [9.17, 15) is 0 Å². The van der Waals surface area contributed by atoms with Crippen molar-refractivity contribution >= 4 is 0 Å². The van der Waals surface area contributed by atoms with Crippen LogP contribution >= 0.6 is 0 Å². The van der Waals surface area contributed by atoms with E-state index in [1.165, 1.54) is 32.1 Å². The van der Waals surface area contributed by atoms with Crippen molar-refractivity contribution in [1.82, 2.24) is 0 Å². The molecule has 1 heteroatoms. The highest BCUT2D eigenvalue weighted by atomic mass is 14.8. The molecule has 0 unspecified atom stereocenters. The van der Waals surface area contributed by atoms with E-state index in [4.69, 9.17) is 5.73 Å². The lowest BCUT2D eigenvalue weighted by atomic mass is 10.1. The van der Waals surface area contributed by atoms with Crippen molar-refractivity contribution in [2.24, 2.45) is 5.73 Å². The van der Waals surface area contributed by atoms with Crippen molar-refractivity contribution in [3.8, 4) is 0 Å². The number of hydrogen-bond acceptors (Lipinski definition) is 1. The van der Waals surface area contributed by atoms with Crippen LogP contribution in [0.2, 0.25) is 0 Å². The van der Waals surface area contributed by atoms with Crippen LogP contribution < -0.4 is 5.73 Å². The molecule has 0 aromatic rings. The van der Waals surface area contributed by atoms with Gasteiger partial charge in [-0.1, -0.05) is 75.2 Å². The molecule has 1 aliphatic rings. The first kappa shape index (κ1) is 25.0. The normalized spacial score (nSPS) is 13.1. The van der Waals surface area contributed by atoms with Gasteiger partial charge in [-0.05, 0) is 19.3 Å². The highest BCUT2D eigenvalue weighted by Gasteiger charge is 2.36.